The summed E-state index contributed by atoms with van der Waals surface area (Å²) in [4.78, 5) is 10.9. The molecule has 2 aromatic carbocycles. The van der Waals surface area contributed by atoms with Gasteiger partial charge >= 0.3 is 0 Å². The lowest BCUT2D eigenvalue weighted by molar-refractivity contribution is -0.129. The molecule has 27 heavy (non-hydrogen) atoms. The first-order valence-corrected chi connectivity index (χ1v) is 9.27. The van der Waals surface area contributed by atoms with E-state index >= 15 is 0 Å². The Bertz CT molecular complexity index is 710. The minimum absolute atomic E-state index is 0.320. The molecule has 0 atom stereocenters. The van der Waals surface area contributed by atoms with Gasteiger partial charge in [-0.1, -0.05) is 67.1 Å². The van der Waals surface area contributed by atoms with Crippen LogP contribution in [-0.2, 0) is 4.79 Å². The Kier molecular flexibility index (Phi) is 8.95. The highest BCUT2D eigenvalue weighted by Gasteiger charge is 2.06. The number of thiocarbonyl (C=S) groups is 1. The molecule has 2 aromatic rings. The number of nitrogens with one attached hydrogen (secondary N) is 3. The highest BCUT2D eigenvalue weighted by atomic mass is 32.1. The smallest absolute Gasteiger partial charge is 0.243 e. The lowest BCUT2D eigenvalue weighted by Crippen LogP contribution is -2.33. The molecule has 0 aliphatic rings. The highest BCUT2D eigenvalue weighted by molar-refractivity contribution is 7.80. The van der Waals surface area contributed by atoms with Crippen LogP contribution in [-0.4, -0.2) is 28.5 Å². The standard InChI is InChI=1S/C20H24N4O2S/c25-18(24-26)14-8-3-9-15-21-20(27)23-22-19(16-10-4-1-5-11-16)17-12-6-2-7-13-17/h1-2,4-7,10-13,26H,3,8-9,14-15H2,(H,24,25)(H2,21,23,27). The number of benzene rings is 2. The van der Waals surface area contributed by atoms with Crippen molar-refractivity contribution in [1.82, 2.24) is 16.2 Å². The summed E-state index contributed by atoms with van der Waals surface area (Å²) in [5.74, 6) is -0.358. The van der Waals surface area contributed by atoms with Crippen LogP contribution in [0.2, 0.25) is 0 Å². The highest BCUT2D eigenvalue weighted by Crippen LogP contribution is 2.10. The van der Waals surface area contributed by atoms with E-state index in [0.29, 0.717) is 18.1 Å². The topological polar surface area (TPSA) is 85.8 Å². The van der Waals surface area contributed by atoms with Crippen LogP contribution in [0.5, 0.6) is 0 Å². The molecule has 0 unspecified atom stereocenters. The van der Waals surface area contributed by atoms with Gasteiger partial charge in [-0.3, -0.25) is 15.4 Å². The van der Waals surface area contributed by atoms with Crippen molar-refractivity contribution in [3.05, 3.63) is 71.8 Å². The van der Waals surface area contributed by atoms with Crippen LogP contribution in [0, 0.1) is 0 Å². The third-order valence-electron chi connectivity index (χ3n) is 3.85. The molecule has 1 amide bonds. The van der Waals surface area contributed by atoms with Crippen molar-refractivity contribution in [2.45, 2.75) is 25.7 Å². The number of nitrogens with zero attached hydrogens (tertiary/aromatic N) is 1. The van der Waals surface area contributed by atoms with E-state index in [4.69, 9.17) is 17.4 Å². The van der Waals surface area contributed by atoms with Crippen molar-refractivity contribution in [2.24, 2.45) is 5.10 Å². The van der Waals surface area contributed by atoms with E-state index in [1.807, 2.05) is 60.7 Å². The average Bonchev–Trinajstić information content (AvgIpc) is 2.72. The molecule has 7 heteroatoms. The summed E-state index contributed by atoms with van der Waals surface area (Å²) in [6.07, 6.45) is 2.78. The summed E-state index contributed by atoms with van der Waals surface area (Å²) in [5.41, 5.74) is 7.35. The predicted octanol–water partition coefficient (Wildman–Crippen LogP) is 2.97. The normalized spacial score (nSPS) is 9.96. The van der Waals surface area contributed by atoms with Gasteiger partial charge in [0.05, 0.1) is 5.71 Å². The summed E-state index contributed by atoms with van der Waals surface area (Å²) in [6.45, 7) is 0.689. The van der Waals surface area contributed by atoms with Crippen LogP contribution < -0.4 is 16.2 Å². The zero-order chi connectivity index (χ0) is 19.3. The zero-order valence-electron chi connectivity index (χ0n) is 15.0. The van der Waals surface area contributed by atoms with Crippen molar-refractivity contribution in [2.75, 3.05) is 6.54 Å². The number of amides is 1. The Morgan fingerprint density at radius 3 is 2.07 bits per heavy atom. The van der Waals surface area contributed by atoms with Crippen molar-refractivity contribution in [3.63, 3.8) is 0 Å². The van der Waals surface area contributed by atoms with E-state index in [9.17, 15) is 4.79 Å². The molecule has 0 aliphatic carbocycles. The molecule has 0 fully saturated rings. The molecule has 0 bridgehead atoms. The van der Waals surface area contributed by atoms with Gasteiger partial charge in [0.2, 0.25) is 5.91 Å². The van der Waals surface area contributed by atoms with Gasteiger partial charge in [0, 0.05) is 24.1 Å². The average molecular weight is 385 g/mol. The van der Waals surface area contributed by atoms with E-state index in [-0.39, 0.29) is 5.91 Å². The van der Waals surface area contributed by atoms with Gasteiger partial charge in [0.15, 0.2) is 5.11 Å². The Hall–Kier alpha value is -2.77. The van der Waals surface area contributed by atoms with Crippen molar-refractivity contribution >= 4 is 28.9 Å². The number of rotatable bonds is 9. The second-order valence-electron chi connectivity index (χ2n) is 5.91. The van der Waals surface area contributed by atoms with Gasteiger partial charge < -0.3 is 5.32 Å². The molecule has 0 saturated carbocycles. The van der Waals surface area contributed by atoms with Crippen LogP contribution in [0.3, 0.4) is 0 Å². The molecule has 0 radical (unpaired) electrons. The van der Waals surface area contributed by atoms with E-state index in [0.717, 1.165) is 36.1 Å². The minimum Gasteiger partial charge on any atom is -0.361 e. The Balaban J connectivity index is 1.85. The van der Waals surface area contributed by atoms with Gasteiger partial charge in [-0.05, 0) is 25.1 Å². The van der Waals surface area contributed by atoms with E-state index in [1.54, 1.807) is 5.48 Å². The number of unbranched alkanes of at least 4 members (excludes halogenated alkanes) is 2. The summed E-state index contributed by atoms with van der Waals surface area (Å²) < 4.78 is 0. The zero-order valence-corrected chi connectivity index (χ0v) is 15.8. The first kappa shape index (κ1) is 20.5. The molecular weight excluding hydrogens is 360 g/mol. The summed E-state index contributed by atoms with van der Waals surface area (Å²) in [5, 5.41) is 16.5. The fourth-order valence-electron chi connectivity index (χ4n) is 2.48. The van der Waals surface area contributed by atoms with Gasteiger partial charge in [-0.2, -0.15) is 5.10 Å². The summed E-state index contributed by atoms with van der Waals surface area (Å²) in [6, 6.07) is 19.9. The molecule has 2 rings (SSSR count). The summed E-state index contributed by atoms with van der Waals surface area (Å²) >= 11 is 5.28. The Labute approximate surface area is 164 Å². The van der Waals surface area contributed by atoms with Crippen molar-refractivity contribution < 1.29 is 10.0 Å². The van der Waals surface area contributed by atoms with Gasteiger partial charge in [0.25, 0.3) is 0 Å². The maximum atomic E-state index is 10.9. The fourth-order valence-corrected chi connectivity index (χ4v) is 2.63. The van der Waals surface area contributed by atoms with E-state index in [2.05, 4.69) is 15.8 Å². The van der Waals surface area contributed by atoms with Crippen molar-refractivity contribution in [1.29, 1.82) is 0 Å². The molecule has 0 saturated heterocycles. The molecule has 0 aliphatic heterocycles. The third kappa shape index (κ3) is 7.55. The number of hydrazone groups is 1. The Morgan fingerprint density at radius 1 is 0.926 bits per heavy atom. The van der Waals surface area contributed by atoms with Crippen LogP contribution in [0.4, 0.5) is 0 Å². The Morgan fingerprint density at radius 2 is 1.52 bits per heavy atom. The second kappa shape index (κ2) is 11.8. The number of carbonyl (C=O) groups is 1. The van der Waals surface area contributed by atoms with Crippen LogP contribution >= 0.6 is 12.2 Å². The van der Waals surface area contributed by atoms with E-state index < -0.39 is 0 Å². The largest absolute Gasteiger partial charge is 0.361 e. The summed E-state index contributed by atoms with van der Waals surface area (Å²) in [7, 11) is 0. The van der Waals surface area contributed by atoms with E-state index in [1.165, 1.54) is 0 Å². The second-order valence-corrected chi connectivity index (χ2v) is 6.31. The predicted molar refractivity (Wildman–Crippen MR) is 111 cm³/mol. The monoisotopic (exact) mass is 384 g/mol. The lowest BCUT2D eigenvalue weighted by atomic mass is 10.0. The van der Waals surface area contributed by atoms with Crippen LogP contribution in [0.25, 0.3) is 0 Å². The first-order chi connectivity index (χ1) is 13.2. The number of hydroxylamine groups is 1. The molecule has 0 spiro atoms. The lowest BCUT2D eigenvalue weighted by Gasteiger charge is -2.10. The van der Waals surface area contributed by atoms with Gasteiger partial charge in [-0.25, -0.2) is 5.48 Å². The van der Waals surface area contributed by atoms with Crippen LogP contribution in [0.1, 0.15) is 36.8 Å². The molecule has 0 heterocycles. The molecular formula is C20H24N4O2S. The minimum atomic E-state index is -0.358. The third-order valence-corrected chi connectivity index (χ3v) is 4.09. The van der Waals surface area contributed by atoms with Crippen molar-refractivity contribution in [3.8, 4) is 0 Å². The first-order valence-electron chi connectivity index (χ1n) is 8.86. The number of hydrogen-bond donors (Lipinski definition) is 4. The SMILES string of the molecule is O=C(CCCCCNC(=S)NN=C(c1ccccc1)c1ccccc1)NO. The molecule has 4 N–H and O–H groups in total. The van der Waals surface area contributed by atoms with Gasteiger partial charge in [-0.15, -0.1) is 0 Å². The number of hydrogen-bond acceptors (Lipinski definition) is 4. The quantitative estimate of drug-likeness (QED) is 0.176. The van der Waals surface area contributed by atoms with Gasteiger partial charge in [0.1, 0.15) is 0 Å². The fraction of sp³-hybridized carbons (Fsp3) is 0.250. The maximum absolute atomic E-state index is 10.9. The molecule has 6 nitrogen and oxygen atoms in total. The maximum Gasteiger partial charge on any atom is 0.243 e. The molecule has 142 valence electrons. The van der Waals surface area contributed by atoms with Crippen LogP contribution in [0.15, 0.2) is 65.8 Å². The molecule has 0 aromatic heterocycles. The number of carbonyl (C=O) groups excluding carboxylic acids is 1.